The van der Waals surface area contributed by atoms with Gasteiger partial charge in [-0.15, -0.1) is 0 Å². The average molecular weight is 238 g/mol. The molecule has 0 radical (unpaired) electrons. The summed E-state index contributed by atoms with van der Waals surface area (Å²) in [6.07, 6.45) is 3.32. The zero-order chi connectivity index (χ0) is 12.8. The smallest absolute Gasteiger partial charge is 0.221 e. The van der Waals surface area contributed by atoms with E-state index in [-0.39, 0.29) is 11.9 Å². The van der Waals surface area contributed by atoms with E-state index in [1.807, 2.05) is 27.1 Å². The van der Waals surface area contributed by atoms with Gasteiger partial charge in [0.05, 0.1) is 11.4 Å². The molecule has 17 heavy (non-hydrogen) atoms. The van der Waals surface area contributed by atoms with Crippen LogP contribution in [0.1, 0.15) is 32.9 Å². The zero-order valence-electron chi connectivity index (χ0n) is 11.1. The number of nitrogens with one attached hydrogen (secondary N) is 2. The highest BCUT2D eigenvalue weighted by Crippen LogP contribution is 2.13. The van der Waals surface area contributed by atoms with E-state index in [1.54, 1.807) is 4.68 Å². The van der Waals surface area contributed by atoms with Crippen LogP contribution in [0.2, 0.25) is 0 Å². The number of rotatable bonds is 6. The van der Waals surface area contributed by atoms with Gasteiger partial charge in [0.25, 0.3) is 0 Å². The molecule has 1 heterocycles. The molecule has 0 aromatic carbocycles. The first-order valence-electron chi connectivity index (χ1n) is 6.08. The fourth-order valence-electron chi connectivity index (χ4n) is 1.65. The largest absolute Gasteiger partial charge is 0.382 e. The van der Waals surface area contributed by atoms with Gasteiger partial charge in [-0.3, -0.25) is 9.48 Å². The topological polar surface area (TPSA) is 59.0 Å². The van der Waals surface area contributed by atoms with Gasteiger partial charge < -0.3 is 10.6 Å². The molecule has 0 fully saturated rings. The Morgan fingerprint density at radius 2 is 2.24 bits per heavy atom. The summed E-state index contributed by atoms with van der Waals surface area (Å²) in [6.45, 7) is 6.62. The van der Waals surface area contributed by atoms with Gasteiger partial charge in [-0.2, -0.15) is 5.10 Å². The average Bonchev–Trinajstić information content (AvgIpc) is 2.57. The molecule has 0 aliphatic rings. The van der Waals surface area contributed by atoms with E-state index < -0.39 is 0 Å². The molecule has 0 saturated heterocycles. The Morgan fingerprint density at radius 1 is 1.53 bits per heavy atom. The lowest BCUT2D eigenvalue weighted by Crippen LogP contribution is -2.31. The van der Waals surface area contributed by atoms with Crippen LogP contribution in [0.25, 0.3) is 0 Å². The lowest BCUT2D eigenvalue weighted by Gasteiger charge is -2.09. The van der Waals surface area contributed by atoms with Crippen molar-refractivity contribution in [2.75, 3.05) is 11.9 Å². The summed E-state index contributed by atoms with van der Waals surface area (Å²) in [5.74, 6) is 0.0782. The van der Waals surface area contributed by atoms with Crippen molar-refractivity contribution < 1.29 is 4.79 Å². The van der Waals surface area contributed by atoms with Crippen molar-refractivity contribution in [2.45, 2.75) is 39.7 Å². The molecule has 5 heteroatoms. The number of carbonyl (C=O) groups excluding carboxylic acids is 1. The predicted molar refractivity (Wildman–Crippen MR) is 69.0 cm³/mol. The Kier molecular flexibility index (Phi) is 5.00. The Morgan fingerprint density at radius 3 is 2.82 bits per heavy atom. The van der Waals surface area contributed by atoms with E-state index in [4.69, 9.17) is 0 Å². The van der Waals surface area contributed by atoms with Gasteiger partial charge >= 0.3 is 0 Å². The third kappa shape index (κ3) is 4.46. The number of aromatic nitrogens is 2. The summed E-state index contributed by atoms with van der Waals surface area (Å²) in [5.41, 5.74) is 2.06. The molecule has 0 aliphatic heterocycles. The van der Waals surface area contributed by atoms with Gasteiger partial charge in [0, 0.05) is 32.3 Å². The summed E-state index contributed by atoms with van der Waals surface area (Å²) in [4.78, 5) is 11.4. The van der Waals surface area contributed by atoms with E-state index in [2.05, 4.69) is 22.7 Å². The molecular formula is C12H22N4O. The normalized spacial score (nSPS) is 10.6. The molecule has 1 aromatic heterocycles. The Hall–Kier alpha value is -1.52. The molecule has 0 bridgehead atoms. The van der Waals surface area contributed by atoms with Crippen LogP contribution in [0.5, 0.6) is 0 Å². The van der Waals surface area contributed by atoms with Crippen LogP contribution >= 0.6 is 0 Å². The van der Waals surface area contributed by atoms with Crippen molar-refractivity contribution in [2.24, 2.45) is 7.05 Å². The minimum absolute atomic E-state index is 0.0782. The van der Waals surface area contributed by atoms with Crippen molar-refractivity contribution in [3.8, 4) is 0 Å². The maximum atomic E-state index is 11.4. The third-order valence-electron chi connectivity index (χ3n) is 2.36. The second-order valence-corrected chi connectivity index (χ2v) is 4.42. The van der Waals surface area contributed by atoms with E-state index in [0.717, 1.165) is 17.8 Å². The number of hydrogen-bond acceptors (Lipinski definition) is 3. The van der Waals surface area contributed by atoms with Gasteiger partial charge in [0.2, 0.25) is 5.91 Å². The van der Waals surface area contributed by atoms with E-state index in [1.165, 1.54) is 0 Å². The molecule has 0 atom stereocenters. The van der Waals surface area contributed by atoms with Crippen LogP contribution in [0.3, 0.4) is 0 Å². The number of hydrogen-bond donors (Lipinski definition) is 2. The minimum Gasteiger partial charge on any atom is -0.382 e. The van der Waals surface area contributed by atoms with Crippen LogP contribution in [0.4, 0.5) is 5.69 Å². The van der Waals surface area contributed by atoms with Gasteiger partial charge in [-0.05, 0) is 20.3 Å². The van der Waals surface area contributed by atoms with Gasteiger partial charge in [-0.25, -0.2) is 0 Å². The van der Waals surface area contributed by atoms with Crippen LogP contribution in [0, 0.1) is 0 Å². The van der Waals surface area contributed by atoms with Crippen molar-refractivity contribution >= 4 is 11.6 Å². The summed E-state index contributed by atoms with van der Waals surface area (Å²) >= 11 is 0. The highest BCUT2D eigenvalue weighted by molar-refractivity contribution is 5.76. The quantitative estimate of drug-likeness (QED) is 0.785. The van der Waals surface area contributed by atoms with Crippen LogP contribution in [-0.4, -0.2) is 28.3 Å². The first kappa shape index (κ1) is 13.5. The molecule has 0 aliphatic carbocycles. The molecule has 0 saturated carbocycles. The van der Waals surface area contributed by atoms with Crippen molar-refractivity contribution in [1.82, 2.24) is 15.1 Å². The fourth-order valence-corrected chi connectivity index (χ4v) is 1.65. The Balaban J connectivity index is 2.37. The monoisotopic (exact) mass is 238 g/mol. The molecule has 1 rings (SSSR count). The van der Waals surface area contributed by atoms with Crippen molar-refractivity contribution in [3.63, 3.8) is 0 Å². The molecular weight excluding hydrogens is 216 g/mol. The van der Waals surface area contributed by atoms with E-state index in [9.17, 15) is 4.79 Å². The number of aryl methyl sites for hydroxylation is 2. The first-order valence-corrected chi connectivity index (χ1v) is 6.08. The molecule has 0 spiro atoms. The Bertz CT molecular complexity index is 371. The molecule has 96 valence electrons. The Labute approximate surface area is 103 Å². The van der Waals surface area contributed by atoms with Crippen LogP contribution in [-0.2, 0) is 18.3 Å². The standard InChI is InChI=1S/C12H22N4O/c1-5-10-11(8-16(4)15-10)13-7-6-12(17)14-9(2)3/h8-9,13H,5-7H2,1-4H3,(H,14,17). The van der Waals surface area contributed by atoms with Gasteiger partial charge in [0.15, 0.2) is 0 Å². The van der Waals surface area contributed by atoms with E-state index >= 15 is 0 Å². The second kappa shape index (κ2) is 6.27. The number of anilines is 1. The van der Waals surface area contributed by atoms with E-state index in [0.29, 0.717) is 13.0 Å². The maximum absolute atomic E-state index is 11.4. The van der Waals surface area contributed by atoms with Gasteiger partial charge in [0.1, 0.15) is 0 Å². The highest BCUT2D eigenvalue weighted by Gasteiger charge is 2.06. The second-order valence-electron chi connectivity index (χ2n) is 4.42. The first-order chi connectivity index (χ1) is 8.02. The number of nitrogens with zero attached hydrogens (tertiary/aromatic N) is 2. The van der Waals surface area contributed by atoms with Crippen LogP contribution < -0.4 is 10.6 Å². The lowest BCUT2D eigenvalue weighted by atomic mass is 10.3. The fraction of sp³-hybridized carbons (Fsp3) is 0.667. The highest BCUT2D eigenvalue weighted by atomic mass is 16.1. The van der Waals surface area contributed by atoms with Crippen LogP contribution in [0.15, 0.2) is 6.20 Å². The summed E-state index contributed by atoms with van der Waals surface area (Å²) < 4.78 is 1.79. The molecule has 5 nitrogen and oxygen atoms in total. The number of amides is 1. The SMILES string of the molecule is CCc1nn(C)cc1NCCC(=O)NC(C)C. The molecule has 0 unspecified atom stereocenters. The zero-order valence-corrected chi connectivity index (χ0v) is 11.1. The third-order valence-corrected chi connectivity index (χ3v) is 2.36. The predicted octanol–water partition coefficient (Wildman–Crippen LogP) is 1.31. The molecule has 1 aromatic rings. The maximum Gasteiger partial charge on any atom is 0.221 e. The number of carbonyl (C=O) groups is 1. The molecule has 1 amide bonds. The summed E-state index contributed by atoms with van der Waals surface area (Å²) in [5, 5.41) is 10.4. The van der Waals surface area contributed by atoms with Gasteiger partial charge in [-0.1, -0.05) is 6.92 Å². The molecule has 2 N–H and O–H groups in total. The minimum atomic E-state index is 0.0782. The summed E-state index contributed by atoms with van der Waals surface area (Å²) in [7, 11) is 1.90. The van der Waals surface area contributed by atoms with Crippen molar-refractivity contribution in [3.05, 3.63) is 11.9 Å². The summed E-state index contributed by atoms with van der Waals surface area (Å²) in [6, 6.07) is 0.201. The lowest BCUT2D eigenvalue weighted by molar-refractivity contribution is -0.121. The van der Waals surface area contributed by atoms with Crippen molar-refractivity contribution in [1.29, 1.82) is 0 Å².